The van der Waals surface area contributed by atoms with Crippen LogP contribution in [-0.2, 0) is 17.6 Å². The average Bonchev–Trinajstić information content (AvgIpc) is 3.03. The first-order chi connectivity index (χ1) is 12.2. The van der Waals surface area contributed by atoms with Crippen molar-refractivity contribution in [2.24, 2.45) is 0 Å². The summed E-state index contributed by atoms with van der Waals surface area (Å²) in [6.07, 6.45) is 3.37. The number of carbonyl (C=O) groups is 1. The molecule has 0 radical (unpaired) electrons. The first kappa shape index (κ1) is 17.3. The van der Waals surface area contributed by atoms with Crippen LogP contribution >= 0.6 is 0 Å². The summed E-state index contributed by atoms with van der Waals surface area (Å²) < 4.78 is 10.8. The monoisotopic (exact) mass is 339 g/mol. The van der Waals surface area contributed by atoms with E-state index < -0.39 is 0 Å². The molecule has 2 aromatic carbocycles. The van der Waals surface area contributed by atoms with Crippen LogP contribution in [0.1, 0.15) is 35.4 Å². The summed E-state index contributed by atoms with van der Waals surface area (Å²) in [6.45, 7) is 0.675. The standard InChI is InChI=1S/C21H25NO3/c1-24-19-12-16-8-9-17(18(16)14-20(19)25-2)13-21(23)22-11-10-15-6-4-3-5-7-15/h3-7,12,14,17H,8-11,13H2,1-2H3,(H,22,23). The molecule has 1 aliphatic rings. The van der Waals surface area contributed by atoms with Crippen molar-refractivity contribution < 1.29 is 14.3 Å². The van der Waals surface area contributed by atoms with E-state index in [0.717, 1.165) is 30.8 Å². The number of benzene rings is 2. The summed E-state index contributed by atoms with van der Waals surface area (Å²) in [6, 6.07) is 14.3. The minimum Gasteiger partial charge on any atom is -0.493 e. The molecule has 0 bridgehead atoms. The van der Waals surface area contributed by atoms with E-state index in [-0.39, 0.29) is 11.8 Å². The maximum Gasteiger partial charge on any atom is 0.220 e. The largest absolute Gasteiger partial charge is 0.493 e. The fraction of sp³-hybridized carbons (Fsp3) is 0.381. The van der Waals surface area contributed by atoms with Crippen molar-refractivity contribution in [2.75, 3.05) is 20.8 Å². The summed E-state index contributed by atoms with van der Waals surface area (Å²) in [4.78, 5) is 12.3. The summed E-state index contributed by atoms with van der Waals surface area (Å²) in [5, 5.41) is 3.05. The number of amides is 1. The second-order valence-electron chi connectivity index (χ2n) is 6.43. The molecule has 132 valence electrons. The Balaban J connectivity index is 1.57. The topological polar surface area (TPSA) is 47.6 Å². The van der Waals surface area contributed by atoms with Gasteiger partial charge in [0, 0.05) is 13.0 Å². The van der Waals surface area contributed by atoms with Crippen LogP contribution in [0.15, 0.2) is 42.5 Å². The van der Waals surface area contributed by atoms with Crippen molar-refractivity contribution in [3.8, 4) is 11.5 Å². The van der Waals surface area contributed by atoms with Crippen LogP contribution in [-0.4, -0.2) is 26.7 Å². The van der Waals surface area contributed by atoms with E-state index in [1.807, 2.05) is 30.3 Å². The van der Waals surface area contributed by atoms with E-state index in [4.69, 9.17) is 9.47 Å². The number of aryl methyl sites for hydroxylation is 1. The van der Waals surface area contributed by atoms with E-state index in [1.54, 1.807) is 14.2 Å². The molecule has 0 aliphatic heterocycles. The number of hydrogen-bond acceptors (Lipinski definition) is 3. The van der Waals surface area contributed by atoms with Crippen LogP contribution in [0.4, 0.5) is 0 Å². The van der Waals surface area contributed by atoms with Gasteiger partial charge in [-0.25, -0.2) is 0 Å². The SMILES string of the molecule is COc1cc2c(cc1OC)C(CC(=O)NCCc1ccccc1)CC2. The third-order valence-electron chi connectivity index (χ3n) is 4.86. The third-order valence-corrected chi connectivity index (χ3v) is 4.86. The Hall–Kier alpha value is -2.49. The summed E-state index contributed by atoms with van der Waals surface area (Å²) in [5.74, 6) is 1.86. The van der Waals surface area contributed by atoms with Crippen molar-refractivity contribution in [2.45, 2.75) is 31.6 Å². The van der Waals surface area contributed by atoms with Crippen molar-refractivity contribution >= 4 is 5.91 Å². The lowest BCUT2D eigenvalue weighted by atomic mass is 9.97. The smallest absolute Gasteiger partial charge is 0.220 e. The Morgan fingerprint density at radius 3 is 2.56 bits per heavy atom. The van der Waals surface area contributed by atoms with Crippen molar-refractivity contribution in [3.05, 3.63) is 59.2 Å². The lowest BCUT2D eigenvalue weighted by molar-refractivity contribution is -0.121. The highest BCUT2D eigenvalue weighted by Gasteiger charge is 2.26. The van der Waals surface area contributed by atoms with Gasteiger partial charge in [-0.2, -0.15) is 0 Å². The van der Waals surface area contributed by atoms with E-state index in [0.29, 0.717) is 13.0 Å². The molecule has 1 amide bonds. The van der Waals surface area contributed by atoms with Gasteiger partial charge in [-0.1, -0.05) is 30.3 Å². The van der Waals surface area contributed by atoms with Gasteiger partial charge in [0.05, 0.1) is 14.2 Å². The van der Waals surface area contributed by atoms with Gasteiger partial charge in [0.1, 0.15) is 0 Å². The number of ether oxygens (including phenoxy) is 2. The van der Waals surface area contributed by atoms with Gasteiger partial charge in [0.15, 0.2) is 11.5 Å². The van der Waals surface area contributed by atoms with Gasteiger partial charge in [-0.15, -0.1) is 0 Å². The molecule has 1 unspecified atom stereocenters. The molecule has 0 saturated carbocycles. The average molecular weight is 339 g/mol. The second-order valence-corrected chi connectivity index (χ2v) is 6.43. The van der Waals surface area contributed by atoms with Crippen molar-refractivity contribution in [1.29, 1.82) is 0 Å². The van der Waals surface area contributed by atoms with Gasteiger partial charge in [-0.05, 0) is 54.0 Å². The Morgan fingerprint density at radius 1 is 1.12 bits per heavy atom. The molecular weight excluding hydrogens is 314 g/mol. The zero-order chi connectivity index (χ0) is 17.6. The molecule has 0 fully saturated rings. The van der Waals surface area contributed by atoms with Gasteiger partial charge >= 0.3 is 0 Å². The van der Waals surface area contributed by atoms with Gasteiger partial charge < -0.3 is 14.8 Å². The molecule has 2 aromatic rings. The summed E-state index contributed by atoms with van der Waals surface area (Å²) in [7, 11) is 3.29. The van der Waals surface area contributed by atoms with Crippen LogP contribution in [0.2, 0.25) is 0 Å². The number of carbonyl (C=O) groups excluding carboxylic acids is 1. The lowest BCUT2D eigenvalue weighted by Crippen LogP contribution is -2.26. The Kier molecular flexibility index (Phi) is 5.59. The summed E-state index contributed by atoms with van der Waals surface area (Å²) in [5.41, 5.74) is 3.72. The molecule has 1 atom stereocenters. The van der Waals surface area contributed by atoms with Crippen LogP contribution in [0.5, 0.6) is 11.5 Å². The number of rotatable bonds is 7. The molecule has 0 heterocycles. The quantitative estimate of drug-likeness (QED) is 0.840. The van der Waals surface area contributed by atoms with Gasteiger partial charge in [0.25, 0.3) is 0 Å². The molecule has 1 aliphatic carbocycles. The molecule has 3 rings (SSSR count). The molecule has 0 spiro atoms. The van der Waals surface area contributed by atoms with Crippen LogP contribution < -0.4 is 14.8 Å². The summed E-state index contributed by atoms with van der Waals surface area (Å²) >= 11 is 0. The highest BCUT2D eigenvalue weighted by atomic mass is 16.5. The minimum atomic E-state index is 0.114. The van der Waals surface area contributed by atoms with Crippen LogP contribution in [0.3, 0.4) is 0 Å². The fourth-order valence-electron chi connectivity index (χ4n) is 3.52. The highest BCUT2D eigenvalue weighted by Crippen LogP contribution is 2.41. The molecule has 25 heavy (non-hydrogen) atoms. The predicted octanol–water partition coefficient (Wildman–Crippen LogP) is 3.48. The van der Waals surface area contributed by atoms with Crippen LogP contribution in [0, 0.1) is 0 Å². The zero-order valence-electron chi connectivity index (χ0n) is 14.9. The first-order valence-corrected chi connectivity index (χ1v) is 8.76. The third kappa shape index (κ3) is 4.13. The molecular formula is C21H25NO3. The van der Waals surface area contributed by atoms with Gasteiger partial charge in [-0.3, -0.25) is 4.79 Å². The van der Waals surface area contributed by atoms with E-state index >= 15 is 0 Å². The van der Waals surface area contributed by atoms with E-state index in [2.05, 4.69) is 17.4 Å². The Bertz CT molecular complexity index is 727. The van der Waals surface area contributed by atoms with E-state index in [9.17, 15) is 4.79 Å². The zero-order valence-corrected chi connectivity index (χ0v) is 14.9. The Morgan fingerprint density at radius 2 is 1.84 bits per heavy atom. The van der Waals surface area contributed by atoms with E-state index in [1.165, 1.54) is 16.7 Å². The normalized spacial score (nSPS) is 15.5. The molecule has 0 saturated heterocycles. The molecule has 4 nitrogen and oxygen atoms in total. The minimum absolute atomic E-state index is 0.114. The fourth-order valence-corrected chi connectivity index (χ4v) is 3.52. The second kappa shape index (κ2) is 8.06. The maximum absolute atomic E-state index is 12.3. The lowest BCUT2D eigenvalue weighted by Gasteiger charge is -2.14. The Labute approximate surface area is 149 Å². The first-order valence-electron chi connectivity index (χ1n) is 8.76. The number of nitrogens with one attached hydrogen (secondary N) is 1. The predicted molar refractivity (Wildman–Crippen MR) is 98.4 cm³/mol. The highest BCUT2D eigenvalue weighted by molar-refractivity contribution is 5.77. The molecule has 1 N–H and O–H groups in total. The maximum atomic E-state index is 12.3. The van der Waals surface area contributed by atoms with Gasteiger partial charge in [0.2, 0.25) is 5.91 Å². The van der Waals surface area contributed by atoms with Crippen molar-refractivity contribution in [3.63, 3.8) is 0 Å². The number of hydrogen-bond donors (Lipinski definition) is 1. The molecule has 0 aromatic heterocycles. The molecule has 4 heteroatoms. The van der Waals surface area contributed by atoms with Crippen LogP contribution in [0.25, 0.3) is 0 Å². The van der Waals surface area contributed by atoms with Crippen molar-refractivity contribution in [1.82, 2.24) is 5.32 Å². The number of fused-ring (bicyclic) bond motifs is 1. The number of methoxy groups -OCH3 is 2.